The quantitative estimate of drug-likeness (QED) is 0.311. The number of benzene rings is 3. The van der Waals surface area contributed by atoms with E-state index < -0.39 is 0 Å². The lowest BCUT2D eigenvalue weighted by atomic mass is 10.0. The molecule has 3 radical (unpaired) electrons. The number of rotatable bonds is 3. The number of hydrogen-bond donors (Lipinski definition) is 0. The van der Waals surface area contributed by atoms with Gasteiger partial charge in [0.2, 0.25) is 0 Å². The van der Waals surface area contributed by atoms with Crippen molar-refractivity contribution in [2.45, 2.75) is 19.8 Å². The first-order chi connectivity index (χ1) is 9.79. The molecule has 0 spiro atoms. The molecule has 0 saturated heterocycles. The van der Waals surface area contributed by atoms with E-state index in [1.807, 2.05) is 49.4 Å². The zero-order valence-electron chi connectivity index (χ0n) is 12.0. The molecule has 3 aromatic carbocycles. The molecule has 2 nitrogen and oxygen atoms in total. The van der Waals surface area contributed by atoms with Crippen LogP contribution in [0.5, 0.6) is 5.75 Å². The SMILES string of the molecule is CCCC(=O)Oc1cc2ccccc2c2ccccc12.[Al]. The zero-order chi connectivity index (χ0) is 13.9. The number of carbonyl (C=O) groups is 1. The van der Waals surface area contributed by atoms with E-state index in [1.54, 1.807) is 0 Å². The van der Waals surface area contributed by atoms with Crippen LogP contribution >= 0.6 is 0 Å². The lowest BCUT2D eigenvalue weighted by molar-refractivity contribution is -0.134. The summed E-state index contributed by atoms with van der Waals surface area (Å²) in [7, 11) is 0. The molecule has 103 valence electrons. The van der Waals surface area contributed by atoms with Gasteiger partial charge in [0.1, 0.15) is 5.75 Å². The fourth-order valence-electron chi connectivity index (χ4n) is 2.48. The second-order valence-electron chi connectivity index (χ2n) is 4.87. The minimum atomic E-state index is -0.173. The van der Waals surface area contributed by atoms with Crippen LogP contribution in [0.25, 0.3) is 21.5 Å². The Balaban J connectivity index is 0.00000161. The van der Waals surface area contributed by atoms with Crippen LogP contribution in [-0.2, 0) is 4.79 Å². The Morgan fingerprint density at radius 3 is 2.29 bits per heavy atom. The molecular formula is C18H16AlO2. The second-order valence-corrected chi connectivity index (χ2v) is 4.87. The average molecular weight is 291 g/mol. The second kappa shape index (κ2) is 6.76. The molecule has 0 aromatic heterocycles. The zero-order valence-corrected chi connectivity index (χ0v) is 13.2. The lowest BCUT2D eigenvalue weighted by Gasteiger charge is -2.10. The van der Waals surface area contributed by atoms with E-state index in [9.17, 15) is 4.79 Å². The summed E-state index contributed by atoms with van der Waals surface area (Å²) in [6.07, 6.45) is 1.24. The summed E-state index contributed by atoms with van der Waals surface area (Å²) in [5, 5.41) is 4.37. The Labute approximate surface area is 134 Å². The number of hydrogen-bond acceptors (Lipinski definition) is 2. The van der Waals surface area contributed by atoms with Crippen LogP contribution in [0, 0.1) is 0 Å². The van der Waals surface area contributed by atoms with Gasteiger partial charge < -0.3 is 4.74 Å². The highest BCUT2D eigenvalue weighted by molar-refractivity contribution is 6.10. The maximum Gasteiger partial charge on any atom is 0.311 e. The first kappa shape index (κ1) is 15.6. The number of fused-ring (bicyclic) bond motifs is 3. The molecule has 21 heavy (non-hydrogen) atoms. The minimum Gasteiger partial charge on any atom is -0.426 e. The van der Waals surface area contributed by atoms with Crippen molar-refractivity contribution in [2.24, 2.45) is 0 Å². The molecule has 0 heterocycles. The van der Waals surface area contributed by atoms with Gasteiger partial charge in [-0.1, -0.05) is 55.5 Å². The molecule has 0 N–H and O–H groups in total. The van der Waals surface area contributed by atoms with Crippen molar-refractivity contribution in [2.75, 3.05) is 0 Å². The van der Waals surface area contributed by atoms with E-state index in [0.29, 0.717) is 12.2 Å². The predicted molar refractivity (Wildman–Crippen MR) is 87.8 cm³/mol. The van der Waals surface area contributed by atoms with Gasteiger partial charge in [0, 0.05) is 29.2 Å². The molecule has 0 aliphatic rings. The molecule has 0 atom stereocenters. The Hall–Kier alpha value is -1.82. The Kier molecular flexibility index (Phi) is 5.01. The van der Waals surface area contributed by atoms with Gasteiger partial charge in [0.25, 0.3) is 0 Å². The van der Waals surface area contributed by atoms with Gasteiger partial charge >= 0.3 is 5.97 Å². The highest BCUT2D eigenvalue weighted by Gasteiger charge is 2.10. The van der Waals surface area contributed by atoms with Crippen LogP contribution in [0.15, 0.2) is 54.6 Å². The van der Waals surface area contributed by atoms with Crippen LogP contribution in [-0.4, -0.2) is 23.3 Å². The molecule has 0 fully saturated rings. The van der Waals surface area contributed by atoms with Crippen molar-refractivity contribution < 1.29 is 9.53 Å². The summed E-state index contributed by atoms with van der Waals surface area (Å²) in [6, 6.07) is 18.1. The van der Waals surface area contributed by atoms with E-state index in [0.717, 1.165) is 22.6 Å². The molecule has 0 unspecified atom stereocenters. The highest BCUT2D eigenvalue weighted by Crippen LogP contribution is 2.33. The smallest absolute Gasteiger partial charge is 0.311 e. The number of carbonyl (C=O) groups excluding carboxylic acids is 1. The molecule has 3 aromatic rings. The van der Waals surface area contributed by atoms with E-state index in [-0.39, 0.29) is 23.3 Å². The van der Waals surface area contributed by atoms with Crippen LogP contribution in [0.4, 0.5) is 0 Å². The summed E-state index contributed by atoms with van der Waals surface area (Å²) < 4.78 is 5.54. The fraction of sp³-hybridized carbons (Fsp3) is 0.167. The monoisotopic (exact) mass is 291 g/mol. The summed E-state index contributed by atoms with van der Waals surface area (Å²) in [5.41, 5.74) is 0. The van der Waals surface area contributed by atoms with Crippen LogP contribution in [0.2, 0.25) is 0 Å². The molecule has 3 rings (SSSR count). The average Bonchev–Trinajstić information content (AvgIpc) is 2.48. The van der Waals surface area contributed by atoms with E-state index >= 15 is 0 Å². The molecule has 3 heteroatoms. The Morgan fingerprint density at radius 1 is 0.952 bits per heavy atom. The van der Waals surface area contributed by atoms with Crippen molar-refractivity contribution in [3.8, 4) is 5.75 Å². The first-order valence-corrected chi connectivity index (χ1v) is 6.91. The number of ether oxygens (including phenoxy) is 1. The molecule has 0 aliphatic heterocycles. The summed E-state index contributed by atoms with van der Waals surface area (Å²) >= 11 is 0. The predicted octanol–water partition coefficient (Wildman–Crippen LogP) is 4.32. The molecular weight excluding hydrogens is 275 g/mol. The first-order valence-electron chi connectivity index (χ1n) is 6.91. The lowest BCUT2D eigenvalue weighted by Crippen LogP contribution is -2.07. The highest BCUT2D eigenvalue weighted by atomic mass is 27.0. The Morgan fingerprint density at radius 2 is 1.57 bits per heavy atom. The molecule has 0 amide bonds. The van der Waals surface area contributed by atoms with Gasteiger partial charge in [-0.15, -0.1) is 0 Å². The fourth-order valence-corrected chi connectivity index (χ4v) is 2.48. The summed E-state index contributed by atoms with van der Waals surface area (Å²) in [5.74, 6) is 0.477. The van der Waals surface area contributed by atoms with Crippen molar-refractivity contribution in [1.29, 1.82) is 0 Å². The maximum atomic E-state index is 11.8. The van der Waals surface area contributed by atoms with E-state index in [1.165, 1.54) is 5.39 Å². The van der Waals surface area contributed by atoms with Gasteiger partial charge in [-0.2, -0.15) is 0 Å². The maximum absolute atomic E-state index is 11.8. The van der Waals surface area contributed by atoms with Gasteiger partial charge in [-0.05, 0) is 28.6 Å². The Bertz CT molecular complexity index is 780. The van der Waals surface area contributed by atoms with E-state index in [2.05, 4.69) is 12.1 Å². The van der Waals surface area contributed by atoms with Gasteiger partial charge in [0.15, 0.2) is 0 Å². The van der Waals surface area contributed by atoms with Crippen molar-refractivity contribution in [3.63, 3.8) is 0 Å². The van der Waals surface area contributed by atoms with E-state index in [4.69, 9.17) is 4.74 Å². The largest absolute Gasteiger partial charge is 0.426 e. The molecule has 0 aliphatic carbocycles. The van der Waals surface area contributed by atoms with Gasteiger partial charge in [0.05, 0.1) is 0 Å². The van der Waals surface area contributed by atoms with Gasteiger partial charge in [-0.25, -0.2) is 0 Å². The van der Waals surface area contributed by atoms with Crippen LogP contribution < -0.4 is 4.74 Å². The summed E-state index contributed by atoms with van der Waals surface area (Å²) in [4.78, 5) is 11.8. The van der Waals surface area contributed by atoms with Gasteiger partial charge in [-0.3, -0.25) is 4.79 Å². The normalized spacial score (nSPS) is 10.3. The van der Waals surface area contributed by atoms with Crippen LogP contribution in [0.3, 0.4) is 0 Å². The summed E-state index contributed by atoms with van der Waals surface area (Å²) in [6.45, 7) is 1.97. The van der Waals surface area contributed by atoms with Crippen LogP contribution in [0.1, 0.15) is 19.8 Å². The van der Waals surface area contributed by atoms with Crippen molar-refractivity contribution in [3.05, 3.63) is 54.6 Å². The minimum absolute atomic E-state index is 0. The standard InChI is InChI=1S/C18H16O2.Al/c1-2-7-18(19)20-17-12-13-8-3-4-9-14(13)15-10-5-6-11-16(15)17;/h3-6,8-12H,2,7H2,1H3;. The van der Waals surface area contributed by atoms with Crippen molar-refractivity contribution >= 4 is 44.9 Å². The molecule has 0 saturated carbocycles. The third-order valence-corrected chi connectivity index (χ3v) is 3.41. The third-order valence-electron chi connectivity index (χ3n) is 3.41. The third kappa shape index (κ3) is 3.10. The molecule has 0 bridgehead atoms. The topological polar surface area (TPSA) is 26.3 Å². The number of esters is 1. The van der Waals surface area contributed by atoms with Crippen molar-refractivity contribution in [1.82, 2.24) is 0 Å².